The van der Waals surface area contributed by atoms with Crippen molar-refractivity contribution < 1.29 is 19.1 Å². The summed E-state index contributed by atoms with van der Waals surface area (Å²) in [5, 5.41) is 0.610. The molecule has 3 aromatic rings. The van der Waals surface area contributed by atoms with E-state index in [2.05, 4.69) is 18.8 Å². The number of carbonyl (C=O) groups is 2. The van der Waals surface area contributed by atoms with Crippen molar-refractivity contribution in [2.45, 2.75) is 51.3 Å². The van der Waals surface area contributed by atoms with Crippen molar-refractivity contribution in [2.75, 3.05) is 33.4 Å². The first-order valence-electron chi connectivity index (χ1n) is 13.3. The van der Waals surface area contributed by atoms with Crippen LogP contribution in [0.4, 0.5) is 0 Å². The molecule has 1 aliphatic heterocycles. The number of hydrogen-bond donors (Lipinski definition) is 0. The molecule has 1 atom stereocenters. The van der Waals surface area contributed by atoms with Crippen LogP contribution in [0.1, 0.15) is 44.0 Å². The number of morpholine rings is 1. The number of aryl methyl sites for hydroxylation is 1. The highest BCUT2D eigenvalue weighted by Crippen LogP contribution is 2.27. The predicted octanol–water partition coefficient (Wildman–Crippen LogP) is 4.78. The first-order chi connectivity index (χ1) is 18.7. The average molecular weight is 553 g/mol. The lowest BCUT2D eigenvalue weighted by Crippen LogP contribution is -2.58. The first kappa shape index (κ1) is 28.6. The van der Waals surface area contributed by atoms with Crippen molar-refractivity contribution in [3.8, 4) is 5.75 Å². The Morgan fingerprint density at radius 3 is 2.62 bits per heavy atom. The third-order valence-corrected chi connectivity index (χ3v) is 7.16. The molecule has 4 rings (SSSR count). The van der Waals surface area contributed by atoms with Gasteiger partial charge in [-0.15, -0.1) is 0 Å². The van der Waals surface area contributed by atoms with E-state index in [0.29, 0.717) is 43.4 Å². The van der Waals surface area contributed by atoms with Crippen LogP contribution in [-0.2, 0) is 27.4 Å². The van der Waals surface area contributed by atoms with Crippen LogP contribution in [-0.4, -0.2) is 70.1 Å². The number of aromatic nitrogens is 2. The average Bonchev–Trinajstić information content (AvgIpc) is 3.41. The van der Waals surface area contributed by atoms with Gasteiger partial charge in [-0.3, -0.25) is 9.59 Å². The van der Waals surface area contributed by atoms with E-state index in [1.54, 1.807) is 47.3 Å². The fourth-order valence-electron chi connectivity index (χ4n) is 4.79. The number of carbonyl (C=O) groups excluding carboxylic acids is 2. The van der Waals surface area contributed by atoms with Crippen molar-refractivity contribution in [3.05, 3.63) is 83.4 Å². The second-order valence-corrected chi connectivity index (χ2v) is 10.8. The van der Waals surface area contributed by atoms with Gasteiger partial charge in [0, 0.05) is 56.4 Å². The molecule has 0 saturated carbocycles. The normalized spacial score (nSPS) is 17.3. The van der Waals surface area contributed by atoms with Gasteiger partial charge in [-0.1, -0.05) is 55.8 Å². The van der Waals surface area contributed by atoms with Crippen molar-refractivity contribution in [1.82, 2.24) is 19.4 Å². The number of ether oxygens (including phenoxy) is 2. The summed E-state index contributed by atoms with van der Waals surface area (Å²) in [5.41, 5.74) is 0.0645. The maximum Gasteiger partial charge on any atom is 0.225 e. The maximum absolute atomic E-state index is 13.4. The Labute approximate surface area is 235 Å². The zero-order valence-electron chi connectivity index (χ0n) is 22.9. The van der Waals surface area contributed by atoms with Gasteiger partial charge in [0.2, 0.25) is 11.8 Å². The molecule has 1 fully saturated rings. The minimum atomic E-state index is -0.978. The number of halogens is 1. The third-order valence-electron chi connectivity index (χ3n) is 6.91. The van der Waals surface area contributed by atoms with E-state index in [1.165, 1.54) is 0 Å². The number of hydrogen-bond acceptors (Lipinski definition) is 5. The molecule has 9 heteroatoms. The van der Waals surface area contributed by atoms with Crippen LogP contribution >= 0.6 is 11.6 Å². The molecule has 208 valence electrons. The van der Waals surface area contributed by atoms with Gasteiger partial charge in [-0.25, -0.2) is 4.98 Å². The van der Waals surface area contributed by atoms with Gasteiger partial charge in [0.05, 0.1) is 19.6 Å². The zero-order chi connectivity index (χ0) is 27.8. The Hall–Kier alpha value is -3.36. The summed E-state index contributed by atoms with van der Waals surface area (Å²) in [5.74, 6) is 1.80. The monoisotopic (exact) mass is 552 g/mol. The maximum atomic E-state index is 13.4. The van der Waals surface area contributed by atoms with Crippen LogP contribution in [0.15, 0.2) is 67.0 Å². The molecule has 0 N–H and O–H groups in total. The molecule has 2 heterocycles. The van der Waals surface area contributed by atoms with Crippen molar-refractivity contribution in [2.24, 2.45) is 0 Å². The fourth-order valence-corrected chi connectivity index (χ4v) is 4.92. The number of benzene rings is 2. The van der Waals surface area contributed by atoms with Gasteiger partial charge in [-0.2, -0.15) is 0 Å². The molecular weight excluding hydrogens is 516 g/mol. The van der Waals surface area contributed by atoms with Crippen molar-refractivity contribution in [3.63, 3.8) is 0 Å². The fraction of sp³-hybridized carbons (Fsp3) is 0.433. The van der Waals surface area contributed by atoms with Gasteiger partial charge >= 0.3 is 0 Å². The second kappa shape index (κ2) is 13.1. The Balaban J connectivity index is 1.46. The zero-order valence-corrected chi connectivity index (χ0v) is 23.6. The minimum Gasteiger partial charge on any atom is -0.490 e. The molecule has 0 radical (unpaired) electrons. The van der Waals surface area contributed by atoms with Crippen LogP contribution in [0.5, 0.6) is 5.75 Å². The van der Waals surface area contributed by atoms with E-state index >= 15 is 0 Å². The first-order valence-corrected chi connectivity index (χ1v) is 13.7. The van der Waals surface area contributed by atoms with Crippen LogP contribution in [0.25, 0.3) is 0 Å². The summed E-state index contributed by atoms with van der Waals surface area (Å²) >= 11 is 6.03. The minimum absolute atomic E-state index is 0.0164. The van der Waals surface area contributed by atoms with Crippen LogP contribution in [0.2, 0.25) is 5.02 Å². The summed E-state index contributed by atoms with van der Waals surface area (Å²) in [4.78, 5) is 34.6. The van der Waals surface area contributed by atoms with E-state index in [-0.39, 0.29) is 37.3 Å². The predicted molar refractivity (Wildman–Crippen MR) is 151 cm³/mol. The molecule has 1 aliphatic rings. The molecule has 8 nitrogen and oxygen atoms in total. The van der Waals surface area contributed by atoms with E-state index in [0.717, 1.165) is 11.4 Å². The molecular formula is C30H37ClN4O4. The number of amides is 2. The van der Waals surface area contributed by atoms with Crippen molar-refractivity contribution >= 4 is 23.4 Å². The highest BCUT2D eigenvalue weighted by atomic mass is 35.5. The lowest BCUT2D eigenvalue weighted by molar-refractivity contribution is -0.165. The highest BCUT2D eigenvalue weighted by Gasteiger charge is 2.42. The van der Waals surface area contributed by atoms with Crippen LogP contribution < -0.4 is 4.74 Å². The van der Waals surface area contributed by atoms with E-state index in [9.17, 15) is 9.59 Å². The molecule has 2 amide bonds. The Kier molecular flexibility index (Phi) is 9.64. The van der Waals surface area contributed by atoms with Gasteiger partial charge in [0.1, 0.15) is 23.8 Å². The van der Waals surface area contributed by atoms with E-state index in [1.807, 2.05) is 41.1 Å². The molecule has 0 unspecified atom stereocenters. The summed E-state index contributed by atoms with van der Waals surface area (Å²) in [6, 6.07) is 16.9. The SMILES string of the molecule is CC(C)c1nccn1CCC(=O)N1CCO[C@](COc2ccc(Cl)cc2)(CC(=O)N(C)Cc2ccccc2)C1. The molecule has 1 saturated heterocycles. The van der Waals surface area contributed by atoms with E-state index in [4.69, 9.17) is 21.1 Å². The van der Waals surface area contributed by atoms with Crippen LogP contribution in [0, 0.1) is 0 Å². The van der Waals surface area contributed by atoms with Gasteiger partial charge in [0.25, 0.3) is 0 Å². The number of rotatable bonds is 11. The molecule has 1 aromatic heterocycles. The summed E-state index contributed by atoms with van der Waals surface area (Å²) in [6.07, 6.45) is 4.11. The third kappa shape index (κ3) is 7.83. The molecule has 39 heavy (non-hydrogen) atoms. The lowest BCUT2D eigenvalue weighted by Gasteiger charge is -2.42. The van der Waals surface area contributed by atoms with Crippen LogP contribution in [0.3, 0.4) is 0 Å². The summed E-state index contributed by atoms with van der Waals surface area (Å²) < 4.78 is 14.4. The van der Waals surface area contributed by atoms with E-state index < -0.39 is 5.60 Å². The Morgan fingerprint density at radius 2 is 1.90 bits per heavy atom. The standard InChI is InChI=1S/C30H37ClN4O4/c1-23(2)29-32-14-16-34(29)15-13-27(36)35-17-18-39-30(21-35,22-38-26-11-9-25(31)10-12-26)19-28(37)33(3)20-24-7-5-4-6-8-24/h4-12,14,16,23H,13,15,17-22H2,1-3H3/t30-/m1/s1. The quantitative estimate of drug-likeness (QED) is 0.342. The van der Waals surface area contributed by atoms with Gasteiger partial charge < -0.3 is 23.8 Å². The van der Waals surface area contributed by atoms with Gasteiger partial charge in [0.15, 0.2) is 0 Å². The largest absolute Gasteiger partial charge is 0.490 e. The summed E-state index contributed by atoms with van der Waals surface area (Å²) in [7, 11) is 1.78. The van der Waals surface area contributed by atoms with Gasteiger partial charge in [-0.05, 0) is 29.8 Å². The Bertz CT molecular complexity index is 1230. The number of imidazole rings is 1. The molecule has 0 spiro atoms. The van der Waals surface area contributed by atoms with Crippen molar-refractivity contribution in [1.29, 1.82) is 0 Å². The Morgan fingerprint density at radius 1 is 1.15 bits per heavy atom. The number of nitrogens with zero attached hydrogens (tertiary/aromatic N) is 4. The molecule has 2 aromatic carbocycles. The molecule has 0 bridgehead atoms. The summed E-state index contributed by atoms with van der Waals surface area (Å²) in [6.45, 7) is 6.40. The lowest BCUT2D eigenvalue weighted by atomic mass is 9.96. The topological polar surface area (TPSA) is 76.9 Å². The molecule has 0 aliphatic carbocycles. The smallest absolute Gasteiger partial charge is 0.225 e. The second-order valence-electron chi connectivity index (χ2n) is 10.4. The highest BCUT2D eigenvalue weighted by molar-refractivity contribution is 6.30.